The molecule has 0 radical (unpaired) electrons. The first kappa shape index (κ1) is 16.7. The molecule has 5 heteroatoms. The van der Waals surface area contributed by atoms with Gasteiger partial charge in [0.15, 0.2) is 5.79 Å². The standard InChI is InChI=1S/C20H25NO4/c1-14(22)17-18(16-13-24-20(25-16)10-6-3-7-11-20)21(19(17)23)12-15-8-4-2-5-9-15/h2,4-5,8-9,16-18H,3,6-7,10-13H2,1H3/t16-,17-,18-/m1/s1. The van der Waals surface area contributed by atoms with Crippen LogP contribution in [-0.2, 0) is 25.6 Å². The van der Waals surface area contributed by atoms with Crippen LogP contribution >= 0.6 is 0 Å². The number of rotatable bonds is 4. The summed E-state index contributed by atoms with van der Waals surface area (Å²) in [4.78, 5) is 26.4. The third kappa shape index (κ3) is 3.00. The number of ketones is 1. The summed E-state index contributed by atoms with van der Waals surface area (Å²) in [7, 11) is 0. The minimum absolute atomic E-state index is 0.0764. The Morgan fingerprint density at radius 3 is 2.60 bits per heavy atom. The molecular formula is C20H25NO4. The molecule has 1 aromatic carbocycles. The van der Waals surface area contributed by atoms with Crippen LogP contribution in [0.5, 0.6) is 0 Å². The van der Waals surface area contributed by atoms with Crippen LogP contribution in [0.2, 0.25) is 0 Å². The highest BCUT2D eigenvalue weighted by atomic mass is 16.7. The summed E-state index contributed by atoms with van der Waals surface area (Å²) in [5, 5.41) is 0. The molecule has 3 fully saturated rings. The maximum absolute atomic E-state index is 12.6. The largest absolute Gasteiger partial charge is 0.347 e. The van der Waals surface area contributed by atoms with E-state index in [1.807, 2.05) is 30.3 Å². The molecule has 0 bridgehead atoms. The van der Waals surface area contributed by atoms with E-state index < -0.39 is 11.7 Å². The zero-order valence-corrected chi connectivity index (χ0v) is 14.6. The molecule has 5 nitrogen and oxygen atoms in total. The van der Waals surface area contributed by atoms with Gasteiger partial charge in [0.25, 0.3) is 0 Å². The molecule has 1 saturated carbocycles. The molecule has 1 aliphatic carbocycles. The summed E-state index contributed by atoms with van der Waals surface area (Å²) in [6.45, 7) is 2.48. The summed E-state index contributed by atoms with van der Waals surface area (Å²) in [5.41, 5.74) is 1.06. The van der Waals surface area contributed by atoms with Crippen LogP contribution in [0.4, 0.5) is 0 Å². The Bertz CT molecular complexity index is 653. The predicted molar refractivity (Wildman–Crippen MR) is 91.6 cm³/mol. The number of nitrogens with zero attached hydrogens (tertiary/aromatic N) is 1. The zero-order chi connectivity index (χ0) is 17.4. The molecule has 0 aromatic heterocycles. The molecule has 3 atom stereocenters. The van der Waals surface area contributed by atoms with Gasteiger partial charge in [-0.15, -0.1) is 0 Å². The smallest absolute Gasteiger partial charge is 0.236 e. The van der Waals surface area contributed by atoms with E-state index in [2.05, 4.69) is 0 Å². The van der Waals surface area contributed by atoms with Crippen LogP contribution < -0.4 is 0 Å². The highest BCUT2D eigenvalue weighted by Gasteiger charge is 2.57. The van der Waals surface area contributed by atoms with Gasteiger partial charge in [0.2, 0.25) is 5.91 Å². The van der Waals surface area contributed by atoms with Gasteiger partial charge in [0.1, 0.15) is 17.8 Å². The van der Waals surface area contributed by atoms with Crippen LogP contribution in [-0.4, -0.2) is 41.1 Å². The maximum atomic E-state index is 12.6. The Morgan fingerprint density at radius 1 is 1.20 bits per heavy atom. The number of Topliss-reactive ketones (excluding diaryl/α,β-unsaturated/α-hetero) is 1. The van der Waals surface area contributed by atoms with Gasteiger partial charge in [-0.2, -0.15) is 0 Å². The second-order valence-electron chi connectivity index (χ2n) is 7.47. The lowest BCUT2D eigenvalue weighted by Crippen LogP contribution is -2.67. The van der Waals surface area contributed by atoms with E-state index in [0.29, 0.717) is 13.2 Å². The van der Waals surface area contributed by atoms with Crippen LogP contribution in [0.25, 0.3) is 0 Å². The number of hydrogen-bond acceptors (Lipinski definition) is 4. The Kier molecular flexibility index (Phi) is 4.38. The summed E-state index contributed by atoms with van der Waals surface area (Å²) in [5.74, 6) is -1.24. The monoisotopic (exact) mass is 343 g/mol. The molecule has 0 unspecified atom stereocenters. The molecule has 2 aliphatic heterocycles. The van der Waals surface area contributed by atoms with Gasteiger partial charge in [-0.25, -0.2) is 0 Å². The fourth-order valence-corrected chi connectivity index (χ4v) is 4.46. The average Bonchev–Trinajstić information content (AvgIpc) is 3.01. The van der Waals surface area contributed by atoms with Crippen molar-refractivity contribution in [3.8, 4) is 0 Å². The molecule has 4 rings (SSSR count). The van der Waals surface area contributed by atoms with E-state index in [0.717, 1.165) is 31.2 Å². The molecule has 2 saturated heterocycles. The van der Waals surface area contributed by atoms with Gasteiger partial charge >= 0.3 is 0 Å². The van der Waals surface area contributed by atoms with Crippen molar-refractivity contribution in [1.29, 1.82) is 0 Å². The fourth-order valence-electron chi connectivity index (χ4n) is 4.46. The summed E-state index contributed by atoms with van der Waals surface area (Å²) >= 11 is 0. The van der Waals surface area contributed by atoms with Gasteiger partial charge in [-0.1, -0.05) is 36.8 Å². The number of β-lactam (4-membered cyclic amide) rings is 1. The van der Waals surface area contributed by atoms with E-state index in [4.69, 9.17) is 9.47 Å². The molecule has 25 heavy (non-hydrogen) atoms. The van der Waals surface area contributed by atoms with E-state index in [1.54, 1.807) is 4.90 Å². The molecule has 1 amide bonds. The Morgan fingerprint density at radius 2 is 1.92 bits per heavy atom. The Hall–Kier alpha value is -1.72. The fraction of sp³-hybridized carbons (Fsp3) is 0.600. The van der Waals surface area contributed by atoms with Gasteiger partial charge in [-0.05, 0) is 25.3 Å². The quantitative estimate of drug-likeness (QED) is 0.623. The summed E-state index contributed by atoms with van der Waals surface area (Å²) in [6, 6.07) is 9.66. The molecule has 1 aromatic rings. The van der Waals surface area contributed by atoms with E-state index in [-0.39, 0.29) is 23.8 Å². The highest BCUT2D eigenvalue weighted by molar-refractivity contribution is 6.05. The number of carbonyl (C=O) groups is 2. The third-order valence-corrected chi connectivity index (χ3v) is 5.76. The van der Waals surface area contributed by atoms with Crippen molar-refractivity contribution in [2.75, 3.05) is 6.61 Å². The first-order chi connectivity index (χ1) is 12.1. The van der Waals surface area contributed by atoms with Gasteiger partial charge in [-0.3, -0.25) is 9.59 Å². The molecule has 134 valence electrons. The van der Waals surface area contributed by atoms with Gasteiger partial charge in [0, 0.05) is 19.4 Å². The molecule has 0 N–H and O–H groups in total. The van der Waals surface area contributed by atoms with Crippen molar-refractivity contribution in [3.63, 3.8) is 0 Å². The van der Waals surface area contributed by atoms with Crippen molar-refractivity contribution in [2.24, 2.45) is 5.92 Å². The van der Waals surface area contributed by atoms with Crippen LogP contribution in [0.1, 0.15) is 44.6 Å². The Labute approximate surface area is 148 Å². The van der Waals surface area contributed by atoms with Crippen molar-refractivity contribution in [2.45, 2.75) is 63.5 Å². The second-order valence-corrected chi connectivity index (χ2v) is 7.47. The summed E-state index contributed by atoms with van der Waals surface area (Å²) < 4.78 is 12.4. The molecule has 2 heterocycles. The minimum atomic E-state index is -0.587. The van der Waals surface area contributed by atoms with Crippen molar-refractivity contribution < 1.29 is 19.1 Å². The second kappa shape index (κ2) is 6.54. The number of ether oxygens (including phenoxy) is 2. The number of carbonyl (C=O) groups excluding carboxylic acids is 2. The maximum Gasteiger partial charge on any atom is 0.236 e. The topological polar surface area (TPSA) is 55.8 Å². The third-order valence-electron chi connectivity index (χ3n) is 5.76. The lowest BCUT2D eigenvalue weighted by Gasteiger charge is -2.48. The first-order valence-corrected chi connectivity index (χ1v) is 9.26. The highest BCUT2D eigenvalue weighted by Crippen LogP contribution is 2.43. The predicted octanol–water partition coefficient (Wildman–Crippen LogP) is 2.68. The van der Waals surface area contributed by atoms with Crippen LogP contribution in [0, 0.1) is 5.92 Å². The molecule has 3 aliphatic rings. The SMILES string of the molecule is CC(=O)[C@H]1C(=O)N(Cc2ccccc2)[C@@H]1[C@H]1COC2(CCCCC2)O1. The summed E-state index contributed by atoms with van der Waals surface area (Å²) in [6.07, 6.45) is 5.05. The van der Waals surface area contributed by atoms with E-state index in [1.165, 1.54) is 13.3 Å². The van der Waals surface area contributed by atoms with E-state index >= 15 is 0 Å². The van der Waals surface area contributed by atoms with Crippen molar-refractivity contribution >= 4 is 11.7 Å². The lowest BCUT2D eigenvalue weighted by molar-refractivity contribution is -0.204. The van der Waals surface area contributed by atoms with Crippen LogP contribution in [0.15, 0.2) is 30.3 Å². The van der Waals surface area contributed by atoms with E-state index in [9.17, 15) is 9.59 Å². The molecular weight excluding hydrogens is 318 g/mol. The average molecular weight is 343 g/mol. The lowest BCUT2D eigenvalue weighted by atomic mass is 9.80. The van der Waals surface area contributed by atoms with Crippen LogP contribution in [0.3, 0.4) is 0 Å². The van der Waals surface area contributed by atoms with Crippen molar-refractivity contribution in [3.05, 3.63) is 35.9 Å². The molecule has 1 spiro atoms. The Balaban J connectivity index is 1.52. The number of amides is 1. The minimum Gasteiger partial charge on any atom is -0.347 e. The van der Waals surface area contributed by atoms with Crippen molar-refractivity contribution in [1.82, 2.24) is 4.90 Å². The van der Waals surface area contributed by atoms with Gasteiger partial charge < -0.3 is 14.4 Å². The van der Waals surface area contributed by atoms with Gasteiger partial charge in [0.05, 0.1) is 12.6 Å². The first-order valence-electron chi connectivity index (χ1n) is 9.26. The number of hydrogen-bond donors (Lipinski definition) is 0. The normalized spacial score (nSPS) is 31.2. The number of benzene rings is 1. The number of likely N-dealkylation sites (tertiary alicyclic amines) is 1. The zero-order valence-electron chi connectivity index (χ0n) is 14.6.